The van der Waals surface area contributed by atoms with Gasteiger partial charge in [0, 0.05) is 33.2 Å². The Morgan fingerprint density at radius 3 is 2.85 bits per heavy atom. The number of hydrogen-bond donors (Lipinski definition) is 3. The zero-order valence-electron chi connectivity index (χ0n) is 11.2. The number of aromatic nitrogens is 2. The topological polar surface area (TPSA) is 92.9 Å². The molecule has 0 saturated carbocycles. The van der Waals surface area contributed by atoms with Crippen LogP contribution in [0.25, 0.3) is 10.2 Å². The molecule has 0 bridgehead atoms. The lowest BCUT2D eigenvalue weighted by molar-refractivity contribution is 0.623. The summed E-state index contributed by atoms with van der Waals surface area (Å²) in [6.07, 6.45) is 1.82. The van der Waals surface area contributed by atoms with E-state index in [1.54, 1.807) is 11.3 Å². The van der Waals surface area contributed by atoms with Gasteiger partial charge in [-0.05, 0) is 25.8 Å². The van der Waals surface area contributed by atoms with Crippen LogP contribution in [0, 0.1) is 6.92 Å². The Labute approximate surface area is 123 Å². The molecule has 2 aromatic rings. The van der Waals surface area contributed by atoms with Crippen molar-refractivity contribution in [3.05, 3.63) is 10.9 Å². The largest absolute Gasteiger partial charge is 0.367 e. The summed E-state index contributed by atoms with van der Waals surface area (Å²) in [5.41, 5.74) is 2.51. The minimum absolute atomic E-state index is 0.316. The molecule has 0 aliphatic carbocycles. The van der Waals surface area contributed by atoms with Gasteiger partial charge in [-0.2, -0.15) is 4.98 Å². The van der Waals surface area contributed by atoms with E-state index in [2.05, 4.69) is 33.7 Å². The zero-order chi connectivity index (χ0) is 14.1. The van der Waals surface area contributed by atoms with Crippen molar-refractivity contribution >= 4 is 44.1 Å². The fraction of sp³-hybridized carbons (Fsp3) is 0.500. The van der Waals surface area contributed by atoms with Gasteiger partial charge in [-0.15, -0.1) is 11.3 Å². The number of nitrogens with one attached hydrogen (secondary N) is 2. The summed E-state index contributed by atoms with van der Waals surface area (Å²) in [5.74, 6) is 8.18. The smallest absolute Gasteiger partial charge is 0.240 e. The van der Waals surface area contributed by atoms with E-state index in [4.69, 9.17) is 5.84 Å². The normalized spacial score (nSPS) is 22.9. The van der Waals surface area contributed by atoms with Crippen molar-refractivity contribution < 1.29 is 4.21 Å². The molecular weight excluding hydrogens is 294 g/mol. The number of fused-ring (bicyclic) bond motifs is 1. The van der Waals surface area contributed by atoms with Crippen LogP contribution in [0.1, 0.15) is 17.7 Å². The van der Waals surface area contributed by atoms with Crippen LogP contribution in [0.2, 0.25) is 0 Å². The Balaban J connectivity index is 1.91. The van der Waals surface area contributed by atoms with Gasteiger partial charge < -0.3 is 5.32 Å². The van der Waals surface area contributed by atoms with Crippen molar-refractivity contribution in [1.29, 1.82) is 0 Å². The first-order chi connectivity index (χ1) is 9.65. The minimum atomic E-state index is -0.651. The molecule has 0 amide bonds. The third kappa shape index (κ3) is 2.77. The molecule has 0 spiro atoms. The summed E-state index contributed by atoms with van der Waals surface area (Å²) in [4.78, 5) is 10.9. The molecule has 1 saturated heterocycles. The molecule has 4 N–H and O–H groups in total. The van der Waals surface area contributed by atoms with Crippen LogP contribution in [0.5, 0.6) is 0 Å². The predicted molar refractivity (Wildman–Crippen MR) is 84.5 cm³/mol. The molecule has 20 heavy (non-hydrogen) atoms. The molecule has 108 valence electrons. The number of nitrogen functional groups attached to an aromatic ring is 1. The molecule has 3 rings (SSSR count). The van der Waals surface area contributed by atoms with Crippen LogP contribution in [0.15, 0.2) is 6.07 Å². The van der Waals surface area contributed by atoms with Crippen LogP contribution in [-0.2, 0) is 10.8 Å². The minimum Gasteiger partial charge on any atom is -0.367 e. The fourth-order valence-electron chi connectivity index (χ4n) is 2.35. The number of aryl methyl sites for hydroxylation is 1. The Hall–Kier alpha value is -1.25. The number of nitrogens with zero attached hydrogens (tertiary/aromatic N) is 2. The van der Waals surface area contributed by atoms with Gasteiger partial charge in [0.15, 0.2) is 0 Å². The Bertz CT molecular complexity index is 647. The van der Waals surface area contributed by atoms with E-state index < -0.39 is 10.8 Å². The van der Waals surface area contributed by atoms with E-state index in [9.17, 15) is 4.21 Å². The van der Waals surface area contributed by atoms with E-state index in [1.165, 1.54) is 4.88 Å². The third-order valence-corrected chi connectivity index (χ3v) is 5.70. The molecule has 3 heterocycles. The predicted octanol–water partition coefficient (Wildman–Crippen LogP) is 1.61. The maximum Gasteiger partial charge on any atom is 0.240 e. The van der Waals surface area contributed by atoms with Crippen molar-refractivity contribution in [2.75, 3.05) is 22.2 Å². The van der Waals surface area contributed by atoms with E-state index in [-0.39, 0.29) is 0 Å². The molecule has 0 radical (unpaired) electrons. The number of rotatable bonds is 3. The number of anilines is 2. The van der Waals surface area contributed by atoms with Crippen LogP contribution in [-0.4, -0.2) is 31.7 Å². The summed E-state index contributed by atoms with van der Waals surface area (Å²) in [7, 11) is -0.651. The van der Waals surface area contributed by atoms with Gasteiger partial charge in [0.25, 0.3) is 0 Å². The quantitative estimate of drug-likeness (QED) is 0.589. The zero-order valence-corrected chi connectivity index (χ0v) is 12.8. The molecule has 1 aliphatic heterocycles. The van der Waals surface area contributed by atoms with E-state index >= 15 is 0 Å². The standard InChI is InChI=1S/C12H17N5OS2/c1-7-6-9-10(14-8-2-4-20(18)5-3-8)15-12(17-13)16-11(9)19-7/h6,8H,2-5,13H2,1H3,(H2,14,15,16,17). The molecule has 0 aromatic carbocycles. The van der Waals surface area contributed by atoms with Crippen molar-refractivity contribution in [2.24, 2.45) is 5.84 Å². The van der Waals surface area contributed by atoms with Gasteiger partial charge in [0.1, 0.15) is 10.6 Å². The molecule has 0 atom stereocenters. The summed E-state index contributed by atoms with van der Waals surface area (Å²) in [6, 6.07) is 2.40. The first-order valence-electron chi connectivity index (χ1n) is 6.52. The first kappa shape index (κ1) is 13.7. The van der Waals surface area contributed by atoms with Crippen molar-refractivity contribution in [3.63, 3.8) is 0 Å². The number of hydrogen-bond acceptors (Lipinski definition) is 7. The second-order valence-electron chi connectivity index (χ2n) is 4.88. The first-order valence-corrected chi connectivity index (χ1v) is 8.82. The highest BCUT2D eigenvalue weighted by molar-refractivity contribution is 7.85. The Morgan fingerprint density at radius 1 is 1.40 bits per heavy atom. The average molecular weight is 311 g/mol. The van der Waals surface area contributed by atoms with Gasteiger partial charge in [-0.3, -0.25) is 9.63 Å². The molecule has 0 unspecified atom stereocenters. The lowest BCUT2D eigenvalue weighted by Gasteiger charge is -2.23. The summed E-state index contributed by atoms with van der Waals surface area (Å²) < 4.78 is 11.4. The highest BCUT2D eigenvalue weighted by Crippen LogP contribution is 2.30. The Kier molecular flexibility index (Phi) is 3.86. The molecule has 8 heteroatoms. The van der Waals surface area contributed by atoms with Crippen LogP contribution >= 0.6 is 11.3 Å². The molecular formula is C12H17N5OS2. The van der Waals surface area contributed by atoms with Gasteiger partial charge >= 0.3 is 0 Å². The van der Waals surface area contributed by atoms with Gasteiger partial charge in [0.05, 0.1) is 5.39 Å². The highest BCUT2D eigenvalue weighted by Gasteiger charge is 2.20. The monoisotopic (exact) mass is 311 g/mol. The lowest BCUT2D eigenvalue weighted by atomic mass is 10.1. The Morgan fingerprint density at radius 2 is 2.15 bits per heavy atom. The average Bonchev–Trinajstić information content (AvgIpc) is 2.81. The number of hydrazine groups is 1. The fourth-order valence-corrected chi connectivity index (χ4v) is 4.53. The molecule has 2 aromatic heterocycles. The number of thiophene rings is 1. The van der Waals surface area contributed by atoms with Crippen LogP contribution in [0.4, 0.5) is 11.8 Å². The summed E-state index contributed by atoms with van der Waals surface area (Å²) >= 11 is 1.62. The van der Waals surface area contributed by atoms with Gasteiger partial charge in [-0.1, -0.05) is 0 Å². The van der Waals surface area contributed by atoms with Gasteiger partial charge in [0.2, 0.25) is 5.95 Å². The van der Waals surface area contributed by atoms with E-state index in [1.807, 2.05) is 0 Å². The van der Waals surface area contributed by atoms with Crippen molar-refractivity contribution in [1.82, 2.24) is 9.97 Å². The van der Waals surface area contributed by atoms with Crippen LogP contribution < -0.4 is 16.6 Å². The lowest BCUT2D eigenvalue weighted by Crippen LogP contribution is -2.30. The second kappa shape index (κ2) is 5.63. The summed E-state index contributed by atoms with van der Waals surface area (Å²) in [6.45, 7) is 2.05. The van der Waals surface area contributed by atoms with Gasteiger partial charge in [-0.25, -0.2) is 10.8 Å². The van der Waals surface area contributed by atoms with E-state index in [0.717, 1.165) is 40.4 Å². The maximum absolute atomic E-state index is 11.4. The number of nitrogens with two attached hydrogens (primary N) is 1. The third-order valence-electron chi connectivity index (χ3n) is 3.37. The maximum atomic E-state index is 11.4. The van der Waals surface area contributed by atoms with E-state index in [0.29, 0.717) is 12.0 Å². The van der Waals surface area contributed by atoms with Crippen LogP contribution in [0.3, 0.4) is 0 Å². The molecule has 1 aliphatic rings. The summed E-state index contributed by atoms with van der Waals surface area (Å²) in [5, 5.41) is 4.48. The highest BCUT2D eigenvalue weighted by atomic mass is 32.2. The molecule has 6 nitrogen and oxygen atoms in total. The SMILES string of the molecule is Cc1cc2c(NC3CCS(=O)CC3)nc(NN)nc2s1. The van der Waals surface area contributed by atoms with Crippen molar-refractivity contribution in [3.8, 4) is 0 Å². The van der Waals surface area contributed by atoms with Crippen molar-refractivity contribution in [2.45, 2.75) is 25.8 Å². The molecule has 1 fully saturated rings. The second-order valence-corrected chi connectivity index (χ2v) is 7.81.